The molecule has 9 nitrogen and oxygen atoms in total. The van der Waals surface area contributed by atoms with Gasteiger partial charge in [0.2, 0.25) is 0 Å². The summed E-state index contributed by atoms with van der Waals surface area (Å²) >= 11 is 0. The van der Waals surface area contributed by atoms with Crippen LogP contribution < -0.4 is 15.4 Å². The fourth-order valence-corrected chi connectivity index (χ4v) is 1.89. The molecule has 0 aliphatic carbocycles. The van der Waals surface area contributed by atoms with E-state index in [1.54, 1.807) is 12.1 Å². The van der Waals surface area contributed by atoms with Crippen LogP contribution in [-0.2, 0) is 11.3 Å². The van der Waals surface area contributed by atoms with Crippen LogP contribution in [0.5, 0.6) is 5.75 Å². The average molecular weight is 333 g/mol. The zero-order valence-corrected chi connectivity index (χ0v) is 12.8. The van der Waals surface area contributed by atoms with E-state index in [0.717, 1.165) is 0 Å². The van der Waals surface area contributed by atoms with Crippen LogP contribution in [0.1, 0.15) is 11.3 Å². The Morgan fingerprint density at radius 2 is 2.08 bits per heavy atom. The number of hydrogen-bond donors (Lipinski definition) is 2. The Bertz CT molecular complexity index is 742. The van der Waals surface area contributed by atoms with Crippen molar-refractivity contribution in [2.24, 2.45) is 0 Å². The third-order valence-electron chi connectivity index (χ3n) is 3.07. The fraction of sp³-hybridized carbons (Fsp3) is 0.200. The summed E-state index contributed by atoms with van der Waals surface area (Å²) < 4.78 is 10.3. The number of ether oxygens (including phenoxy) is 1. The van der Waals surface area contributed by atoms with Gasteiger partial charge in [0.05, 0.1) is 23.3 Å². The van der Waals surface area contributed by atoms with Crippen molar-refractivity contribution in [2.45, 2.75) is 13.5 Å². The summed E-state index contributed by atoms with van der Waals surface area (Å²) in [4.78, 5) is 33.5. The number of carbonyl (C=O) groups is 2. The van der Waals surface area contributed by atoms with Gasteiger partial charge in [0.15, 0.2) is 6.61 Å². The number of nitro groups is 1. The minimum Gasteiger partial charge on any atom is -0.483 e. The molecule has 0 unspecified atom stereocenters. The predicted molar refractivity (Wildman–Crippen MR) is 82.4 cm³/mol. The lowest BCUT2D eigenvalue weighted by Gasteiger charge is -2.09. The Hall–Kier alpha value is -3.36. The van der Waals surface area contributed by atoms with Gasteiger partial charge in [-0.15, -0.1) is 0 Å². The van der Waals surface area contributed by atoms with Crippen LogP contribution in [0.15, 0.2) is 41.0 Å². The number of amides is 3. The van der Waals surface area contributed by atoms with Gasteiger partial charge in [0, 0.05) is 6.07 Å². The van der Waals surface area contributed by atoms with E-state index in [1.807, 2.05) is 0 Å². The van der Waals surface area contributed by atoms with Crippen molar-refractivity contribution in [1.82, 2.24) is 10.6 Å². The first kappa shape index (κ1) is 17.0. The molecule has 3 amide bonds. The zero-order chi connectivity index (χ0) is 17.5. The van der Waals surface area contributed by atoms with E-state index < -0.39 is 23.5 Å². The maximum absolute atomic E-state index is 11.7. The molecule has 0 spiro atoms. The van der Waals surface area contributed by atoms with Crippen LogP contribution in [0.3, 0.4) is 0 Å². The number of rotatable bonds is 6. The molecule has 2 rings (SSSR count). The van der Waals surface area contributed by atoms with Gasteiger partial charge in [-0.05, 0) is 25.1 Å². The van der Waals surface area contributed by atoms with E-state index in [1.165, 1.54) is 31.4 Å². The SMILES string of the molecule is Cc1c(OCC(=O)NC(=O)NCc2ccco2)cccc1[N+](=O)[O-]. The molecule has 126 valence electrons. The second-order valence-corrected chi connectivity index (χ2v) is 4.76. The molecule has 0 atom stereocenters. The first-order chi connectivity index (χ1) is 11.5. The van der Waals surface area contributed by atoms with Gasteiger partial charge in [-0.1, -0.05) is 6.07 Å². The molecule has 2 aromatic rings. The molecule has 24 heavy (non-hydrogen) atoms. The topological polar surface area (TPSA) is 124 Å². The van der Waals surface area contributed by atoms with Crippen molar-refractivity contribution in [3.8, 4) is 5.75 Å². The zero-order valence-electron chi connectivity index (χ0n) is 12.8. The molecule has 9 heteroatoms. The Morgan fingerprint density at radius 3 is 2.75 bits per heavy atom. The maximum Gasteiger partial charge on any atom is 0.321 e. The highest BCUT2D eigenvalue weighted by atomic mass is 16.6. The normalized spacial score (nSPS) is 10.0. The lowest BCUT2D eigenvalue weighted by atomic mass is 10.2. The van der Waals surface area contributed by atoms with E-state index in [9.17, 15) is 19.7 Å². The lowest BCUT2D eigenvalue weighted by molar-refractivity contribution is -0.385. The van der Waals surface area contributed by atoms with Gasteiger partial charge in [-0.2, -0.15) is 0 Å². The molecule has 0 aliphatic rings. The van der Waals surface area contributed by atoms with Crippen LogP contribution in [0.2, 0.25) is 0 Å². The van der Waals surface area contributed by atoms with E-state index in [-0.39, 0.29) is 18.0 Å². The Balaban J connectivity index is 1.81. The molecular formula is C15H15N3O6. The maximum atomic E-state index is 11.7. The van der Waals surface area contributed by atoms with Crippen molar-refractivity contribution in [2.75, 3.05) is 6.61 Å². The standard InChI is InChI=1S/C15H15N3O6/c1-10-12(18(21)22)5-2-6-13(10)24-9-14(19)17-15(20)16-8-11-4-3-7-23-11/h2-7H,8-9H2,1H3,(H2,16,17,19,20). The molecule has 0 saturated heterocycles. The van der Waals surface area contributed by atoms with Gasteiger partial charge in [0.1, 0.15) is 11.5 Å². The van der Waals surface area contributed by atoms with E-state index in [0.29, 0.717) is 11.3 Å². The quantitative estimate of drug-likeness (QED) is 0.614. The molecule has 0 bridgehead atoms. The molecule has 0 aliphatic heterocycles. The predicted octanol–water partition coefficient (Wildman–Crippen LogP) is 1.90. The number of imide groups is 1. The van der Waals surface area contributed by atoms with Gasteiger partial charge >= 0.3 is 6.03 Å². The number of nitrogens with zero attached hydrogens (tertiary/aromatic N) is 1. The van der Waals surface area contributed by atoms with Crippen molar-refractivity contribution < 1.29 is 23.7 Å². The minimum atomic E-state index is -0.698. The molecule has 0 fully saturated rings. The summed E-state index contributed by atoms with van der Waals surface area (Å²) in [6, 6.07) is 6.95. The third-order valence-corrected chi connectivity index (χ3v) is 3.07. The van der Waals surface area contributed by atoms with Gasteiger partial charge in [-0.3, -0.25) is 20.2 Å². The molecule has 1 heterocycles. The van der Waals surface area contributed by atoms with Crippen LogP contribution in [0.4, 0.5) is 10.5 Å². The van der Waals surface area contributed by atoms with Crippen LogP contribution in [0.25, 0.3) is 0 Å². The van der Waals surface area contributed by atoms with Crippen LogP contribution in [-0.4, -0.2) is 23.5 Å². The molecule has 0 saturated carbocycles. The highest BCUT2D eigenvalue weighted by Gasteiger charge is 2.15. The number of benzene rings is 1. The Kier molecular flexibility index (Phi) is 5.50. The van der Waals surface area contributed by atoms with E-state index in [2.05, 4.69) is 10.6 Å². The minimum absolute atomic E-state index is 0.107. The molecule has 2 N–H and O–H groups in total. The summed E-state index contributed by atoms with van der Waals surface area (Å²) in [7, 11) is 0. The number of carbonyl (C=O) groups excluding carboxylic acids is 2. The Labute approximate surface area is 136 Å². The monoisotopic (exact) mass is 333 g/mol. The highest BCUT2D eigenvalue weighted by Crippen LogP contribution is 2.26. The Morgan fingerprint density at radius 1 is 1.29 bits per heavy atom. The molecular weight excluding hydrogens is 318 g/mol. The second kappa shape index (κ2) is 7.77. The van der Waals surface area contributed by atoms with Crippen LogP contribution >= 0.6 is 0 Å². The van der Waals surface area contributed by atoms with Gasteiger partial charge in [-0.25, -0.2) is 4.79 Å². The smallest absolute Gasteiger partial charge is 0.321 e. The second-order valence-electron chi connectivity index (χ2n) is 4.76. The summed E-state index contributed by atoms with van der Waals surface area (Å²) in [5, 5.41) is 15.4. The third kappa shape index (κ3) is 4.57. The number of nitro benzene ring substituents is 1. The number of nitrogens with one attached hydrogen (secondary N) is 2. The number of hydrogen-bond acceptors (Lipinski definition) is 6. The first-order valence-electron chi connectivity index (χ1n) is 6.94. The molecule has 1 aromatic heterocycles. The molecule has 1 aromatic carbocycles. The molecule has 0 radical (unpaired) electrons. The van der Waals surface area contributed by atoms with Crippen LogP contribution in [0, 0.1) is 17.0 Å². The lowest BCUT2D eigenvalue weighted by Crippen LogP contribution is -2.41. The van der Waals surface area contributed by atoms with Crippen molar-refractivity contribution in [1.29, 1.82) is 0 Å². The van der Waals surface area contributed by atoms with E-state index >= 15 is 0 Å². The highest BCUT2D eigenvalue weighted by molar-refractivity contribution is 5.94. The van der Waals surface area contributed by atoms with Crippen molar-refractivity contribution in [3.05, 3.63) is 58.0 Å². The fourth-order valence-electron chi connectivity index (χ4n) is 1.89. The van der Waals surface area contributed by atoms with Crippen molar-refractivity contribution >= 4 is 17.6 Å². The number of furan rings is 1. The van der Waals surface area contributed by atoms with Gasteiger partial charge < -0.3 is 14.5 Å². The van der Waals surface area contributed by atoms with E-state index in [4.69, 9.17) is 9.15 Å². The first-order valence-corrected chi connectivity index (χ1v) is 6.94. The summed E-state index contributed by atoms with van der Waals surface area (Å²) in [5.41, 5.74) is 0.196. The van der Waals surface area contributed by atoms with Crippen molar-refractivity contribution in [3.63, 3.8) is 0 Å². The summed E-state index contributed by atoms with van der Waals surface area (Å²) in [5.74, 6) is 0.0641. The summed E-state index contributed by atoms with van der Waals surface area (Å²) in [6.07, 6.45) is 1.47. The summed E-state index contributed by atoms with van der Waals surface area (Å²) in [6.45, 7) is 1.20. The average Bonchev–Trinajstić information content (AvgIpc) is 3.05. The van der Waals surface area contributed by atoms with Gasteiger partial charge in [0.25, 0.3) is 11.6 Å². The largest absolute Gasteiger partial charge is 0.483 e. The number of urea groups is 1.